The minimum absolute atomic E-state index is 0.868. The molecule has 0 saturated heterocycles. The van der Waals surface area contributed by atoms with Crippen molar-refractivity contribution in [2.45, 2.75) is 0 Å². The van der Waals surface area contributed by atoms with E-state index in [4.69, 9.17) is 4.98 Å². The summed E-state index contributed by atoms with van der Waals surface area (Å²) in [6.07, 6.45) is 9.33. The molecule has 0 fully saturated rings. The molecule has 0 bridgehead atoms. The molecule has 0 spiro atoms. The second-order valence-corrected chi connectivity index (χ2v) is 7.23. The monoisotopic (exact) mass is 369 g/mol. The zero-order valence-electron chi connectivity index (χ0n) is 14.6. The number of rotatable bonds is 3. The molecule has 0 aliphatic heterocycles. The van der Waals surface area contributed by atoms with Crippen molar-refractivity contribution in [3.63, 3.8) is 0 Å². The van der Waals surface area contributed by atoms with Crippen molar-refractivity contribution < 1.29 is 0 Å². The molecule has 0 aliphatic carbocycles. The van der Waals surface area contributed by atoms with Crippen LogP contribution in [0.15, 0.2) is 73.4 Å². The fraction of sp³-hybridized carbons (Fsp3) is 0.0476. The summed E-state index contributed by atoms with van der Waals surface area (Å²) in [5.74, 6) is 0. The average molecular weight is 369 g/mol. The molecule has 5 rings (SSSR count). The fourth-order valence-electron chi connectivity index (χ4n) is 3.10. The molecule has 5 aromatic heterocycles. The standard InChI is InChI=1S/C21H15N5S/c1-26-10-7-15-18(26)11-17(25-20(15)16-6-2-3-9-23-16)19-13-24-21(27-19)14-5-4-8-22-12-14/h2-13H,1H3. The molecule has 0 saturated carbocycles. The summed E-state index contributed by atoms with van der Waals surface area (Å²) in [7, 11) is 2.04. The molecule has 0 amide bonds. The van der Waals surface area contributed by atoms with Gasteiger partial charge in [0.05, 0.1) is 27.5 Å². The van der Waals surface area contributed by atoms with Gasteiger partial charge >= 0.3 is 0 Å². The average Bonchev–Trinajstić information content (AvgIpc) is 3.36. The van der Waals surface area contributed by atoms with Crippen LogP contribution in [-0.2, 0) is 7.05 Å². The summed E-state index contributed by atoms with van der Waals surface area (Å²) in [5.41, 5.74) is 4.79. The van der Waals surface area contributed by atoms with Crippen LogP contribution in [0.25, 0.3) is 43.4 Å². The van der Waals surface area contributed by atoms with Crippen molar-refractivity contribution >= 4 is 22.2 Å². The van der Waals surface area contributed by atoms with Crippen LogP contribution in [-0.4, -0.2) is 24.5 Å². The number of hydrogen-bond donors (Lipinski definition) is 0. The highest BCUT2D eigenvalue weighted by Crippen LogP contribution is 2.35. The van der Waals surface area contributed by atoms with Crippen LogP contribution in [0.1, 0.15) is 0 Å². The Labute approximate surface area is 160 Å². The Hall–Kier alpha value is -3.38. The molecular formula is C21H15N5S. The van der Waals surface area contributed by atoms with E-state index in [2.05, 4.69) is 37.8 Å². The minimum atomic E-state index is 0.868. The largest absolute Gasteiger partial charge is 0.350 e. The lowest BCUT2D eigenvalue weighted by molar-refractivity contribution is 0.968. The van der Waals surface area contributed by atoms with Gasteiger partial charge in [0, 0.05) is 49.0 Å². The Bertz CT molecular complexity index is 1230. The van der Waals surface area contributed by atoms with E-state index in [-0.39, 0.29) is 0 Å². The zero-order valence-corrected chi connectivity index (χ0v) is 15.4. The third kappa shape index (κ3) is 2.80. The first-order valence-corrected chi connectivity index (χ1v) is 9.35. The van der Waals surface area contributed by atoms with Crippen LogP contribution in [0.4, 0.5) is 0 Å². The SMILES string of the molecule is Cn1ccc2c(-c3ccccn3)nc(-c3cnc(-c4cccnc4)s3)cc21. The summed E-state index contributed by atoms with van der Waals surface area (Å²) < 4.78 is 2.11. The molecule has 5 heterocycles. The Kier molecular flexibility index (Phi) is 3.76. The molecule has 0 radical (unpaired) electrons. The van der Waals surface area contributed by atoms with Gasteiger partial charge < -0.3 is 4.57 Å². The number of nitrogens with zero attached hydrogens (tertiary/aromatic N) is 5. The molecule has 5 aromatic rings. The molecule has 27 heavy (non-hydrogen) atoms. The van der Waals surface area contributed by atoms with Crippen LogP contribution < -0.4 is 0 Å². The molecule has 0 aromatic carbocycles. The molecule has 0 aliphatic rings. The number of thiazole rings is 1. The van der Waals surface area contributed by atoms with Crippen LogP contribution in [0.5, 0.6) is 0 Å². The smallest absolute Gasteiger partial charge is 0.125 e. The molecule has 5 nitrogen and oxygen atoms in total. The predicted molar refractivity (Wildman–Crippen MR) is 108 cm³/mol. The Morgan fingerprint density at radius 2 is 1.89 bits per heavy atom. The Morgan fingerprint density at radius 3 is 2.70 bits per heavy atom. The lowest BCUT2D eigenvalue weighted by atomic mass is 10.1. The highest BCUT2D eigenvalue weighted by Gasteiger charge is 2.15. The molecule has 6 heteroatoms. The second kappa shape index (κ2) is 6.41. The summed E-state index contributed by atoms with van der Waals surface area (Å²) in [6, 6.07) is 14.0. The van der Waals surface area contributed by atoms with Gasteiger partial charge in [-0.3, -0.25) is 9.97 Å². The summed E-state index contributed by atoms with van der Waals surface area (Å²) in [6.45, 7) is 0. The first-order chi connectivity index (χ1) is 13.3. The number of aryl methyl sites for hydroxylation is 1. The first-order valence-electron chi connectivity index (χ1n) is 8.54. The summed E-state index contributed by atoms with van der Waals surface area (Å²) in [5, 5.41) is 2.03. The van der Waals surface area contributed by atoms with E-state index in [9.17, 15) is 0 Å². The van der Waals surface area contributed by atoms with Crippen molar-refractivity contribution in [1.82, 2.24) is 24.5 Å². The highest BCUT2D eigenvalue weighted by atomic mass is 32.1. The van der Waals surface area contributed by atoms with Crippen LogP contribution in [0.3, 0.4) is 0 Å². The lowest BCUT2D eigenvalue weighted by Crippen LogP contribution is -1.92. The number of fused-ring (bicyclic) bond motifs is 1. The molecule has 0 N–H and O–H groups in total. The zero-order chi connectivity index (χ0) is 18.2. The number of hydrogen-bond acceptors (Lipinski definition) is 5. The van der Waals surface area contributed by atoms with Gasteiger partial charge in [0.2, 0.25) is 0 Å². The normalized spacial score (nSPS) is 11.1. The van der Waals surface area contributed by atoms with Gasteiger partial charge in [-0.1, -0.05) is 6.07 Å². The lowest BCUT2D eigenvalue weighted by Gasteiger charge is -2.06. The van der Waals surface area contributed by atoms with Gasteiger partial charge in [-0.15, -0.1) is 11.3 Å². The maximum absolute atomic E-state index is 4.94. The van der Waals surface area contributed by atoms with Crippen LogP contribution in [0, 0.1) is 0 Å². The van der Waals surface area contributed by atoms with E-state index in [0.29, 0.717) is 0 Å². The topological polar surface area (TPSA) is 56.5 Å². The quantitative estimate of drug-likeness (QED) is 0.457. The third-order valence-corrected chi connectivity index (χ3v) is 5.52. The van der Waals surface area contributed by atoms with Crippen molar-refractivity contribution in [2.24, 2.45) is 7.05 Å². The fourth-order valence-corrected chi connectivity index (χ4v) is 3.97. The second-order valence-electron chi connectivity index (χ2n) is 6.20. The Morgan fingerprint density at radius 1 is 0.926 bits per heavy atom. The molecular weight excluding hydrogens is 354 g/mol. The van der Waals surface area contributed by atoms with E-state index in [1.165, 1.54) is 0 Å². The number of aromatic nitrogens is 5. The van der Waals surface area contributed by atoms with Gasteiger partial charge in [0.25, 0.3) is 0 Å². The molecule has 0 atom stereocenters. The van der Waals surface area contributed by atoms with E-state index in [1.54, 1.807) is 23.7 Å². The van der Waals surface area contributed by atoms with Crippen LogP contribution >= 0.6 is 11.3 Å². The number of pyridine rings is 3. The van der Waals surface area contributed by atoms with E-state index >= 15 is 0 Å². The van der Waals surface area contributed by atoms with E-state index in [0.717, 1.165) is 43.4 Å². The van der Waals surface area contributed by atoms with Gasteiger partial charge in [-0.2, -0.15) is 0 Å². The van der Waals surface area contributed by atoms with Crippen molar-refractivity contribution in [3.05, 3.63) is 73.4 Å². The van der Waals surface area contributed by atoms with Gasteiger partial charge in [-0.05, 0) is 36.4 Å². The molecule has 130 valence electrons. The molecule has 0 unspecified atom stereocenters. The van der Waals surface area contributed by atoms with E-state index in [1.807, 2.05) is 49.8 Å². The first kappa shape index (κ1) is 15.8. The summed E-state index contributed by atoms with van der Waals surface area (Å²) in [4.78, 5) is 19.2. The van der Waals surface area contributed by atoms with Crippen molar-refractivity contribution in [2.75, 3.05) is 0 Å². The van der Waals surface area contributed by atoms with Gasteiger partial charge in [0.1, 0.15) is 5.01 Å². The van der Waals surface area contributed by atoms with Gasteiger partial charge in [-0.25, -0.2) is 9.97 Å². The maximum Gasteiger partial charge on any atom is 0.125 e. The van der Waals surface area contributed by atoms with Gasteiger partial charge in [0.15, 0.2) is 0 Å². The van der Waals surface area contributed by atoms with E-state index < -0.39 is 0 Å². The summed E-state index contributed by atoms with van der Waals surface area (Å²) >= 11 is 1.62. The minimum Gasteiger partial charge on any atom is -0.350 e. The van der Waals surface area contributed by atoms with Crippen molar-refractivity contribution in [3.8, 4) is 32.5 Å². The predicted octanol–water partition coefficient (Wildman–Crippen LogP) is 4.82. The maximum atomic E-state index is 4.94. The highest BCUT2D eigenvalue weighted by molar-refractivity contribution is 7.18. The third-order valence-electron chi connectivity index (χ3n) is 4.46. The van der Waals surface area contributed by atoms with Crippen LogP contribution in [0.2, 0.25) is 0 Å². The van der Waals surface area contributed by atoms with Crippen molar-refractivity contribution in [1.29, 1.82) is 0 Å². The Balaban J connectivity index is 1.68.